The van der Waals surface area contributed by atoms with Gasteiger partial charge in [0, 0.05) is 57.3 Å². The number of hydrogen-bond acceptors (Lipinski definition) is 4. The lowest BCUT2D eigenvalue weighted by Crippen LogP contribution is -2.61. The Balaban J connectivity index is 1.11. The first-order valence-corrected chi connectivity index (χ1v) is 25.6. The number of aromatic nitrogens is 1. The van der Waals surface area contributed by atoms with Gasteiger partial charge in [0.2, 0.25) is 0 Å². The molecule has 0 fully saturated rings. The second-order valence-electron chi connectivity index (χ2n) is 23.1. The molecule has 7 aromatic carbocycles. The van der Waals surface area contributed by atoms with Gasteiger partial charge in [0.05, 0.1) is 17.1 Å². The monoisotopic (exact) mass is 918 g/mol. The van der Waals surface area contributed by atoms with Gasteiger partial charge in [-0.25, -0.2) is 0 Å². The highest BCUT2D eigenvalue weighted by atomic mass is 16.5. The van der Waals surface area contributed by atoms with Crippen LogP contribution in [0.25, 0.3) is 33.1 Å². The smallest absolute Gasteiger partial charge is 0.276 e. The summed E-state index contributed by atoms with van der Waals surface area (Å²) in [6, 6.07) is 54.2. The Labute approximate surface area is 414 Å². The van der Waals surface area contributed by atoms with Gasteiger partial charge in [-0.3, -0.25) is 0 Å². The van der Waals surface area contributed by atoms with E-state index in [0.29, 0.717) is 0 Å². The molecule has 5 nitrogen and oxygen atoms in total. The number of rotatable bonds is 6. The Morgan fingerprint density at radius 1 is 0.586 bits per heavy atom. The van der Waals surface area contributed by atoms with Crippen LogP contribution in [0.4, 0.5) is 34.1 Å². The molecule has 6 heteroatoms. The molecular weight excluding hydrogens is 854 g/mol. The largest absolute Gasteiger partial charge is 0.458 e. The Morgan fingerprint density at radius 2 is 1.27 bits per heavy atom. The molecule has 2 aromatic heterocycles. The Bertz CT molecular complexity index is 3520. The normalized spacial score (nSPS) is 14.3. The molecule has 0 N–H and O–H groups in total. The van der Waals surface area contributed by atoms with Gasteiger partial charge in [-0.15, -0.1) is 0 Å². The van der Waals surface area contributed by atoms with Crippen LogP contribution in [0.3, 0.4) is 0 Å². The maximum Gasteiger partial charge on any atom is 0.276 e. The first kappa shape index (κ1) is 44.3. The molecule has 70 heavy (non-hydrogen) atoms. The van der Waals surface area contributed by atoms with Crippen molar-refractivity contribution < 1.29 is 9.15 Å². The molecule has 0 bridgehead atoms. The molecule has 0 saturated heterocycles. The number of para-hydroxylation sites is 2. The zero-order valence-corrected chi connectivity index (χ0v) is 42.6. The first-order chi connectivity index (χ1) is 33.6. The molecule has 3 aliphatic rings. The minimum atomic E-state index is -0.151. The van der Waals surface area contributed by atoms with Crippen molar-refractivity contribution in [3.05, 3.63) is 174 Å². The van der Waals surface area contributed by atoms with E-state index in [2.05, 4.69) is 229 Å². The van der Waals surface area contributed by atoms with Crippen molar-refractivity contribution in [2.45, 2.75) is 118 Å². The lowest BCUT2D eigenvalue weighted by atomic mass is 9.35. The van der Waals surface area contributed by atoms with Crippen LogP contribution in [-0.2, 0) is 35.6 Å². The number of furan rings is 1. The van der Waals surface area contributed by atoms with E-state index in [9.17, 15) is 0 Å². The van der Waals surface area contributed by atoms with Gasteiger partial charge in [0.25, 0.3) is 6.71 Å². The van der Waals surface area contributed by atoms with Gasteiger partial charge < -0.3 is 23.5 Å². The Kier molecular flexibility index (Phi) is 10.2. The number of hydrogen-bond donors (Lipinski definition) is 0. The number of ether oxygens (including phenoxy) is 1. The molecule has 9 aromatic rings. The third-order valence-corrected chi connectivity index (χ3v) is 15.5. The SMILES string of the molecule is CCn1c2c(c3c1B1c4ccc(N(c5ccc(C(C)(C)C)cc5)c5ccc(C(C)(C)C)cc5-c5ccccc5)cc4Oc4cc(C(C)(C)C)cc(c41)N3c1cccc3c1oc1ccccc13)CCCC2. The highest BCUT2D eigenvalue weighted by molar-refractivity contribution is 6.99. The van der Waals surface area contributed by atoms with Crippen LogP contribution in [0.5, 0.6) is 11.5 Å². The molecule has 0 saturated carbocycles. The molecule has 350 valence electrons. The number of fused-ring (bicyclic) bond motifs is 9. The Morgan fingerprint density at radius 3 is 2.01 bits per heavy atom. The molecule has 2 aliphatic heterocycles. The number of benzene rings is 7. The summed E-state index contributed by atoms with van der Waals surface area (Å²) in [4.78, 5) is 5.03. The molecule has 0 radical (unpaired) electrons. The van der Waals surface area contributed by atoms with Crippen molar-refractivity contribution in [1.82, 2.24) is 4.57 Å². The predicted molar refractivity (Wildman–Crippen MR) is 296 cm³/mol. The summed E-state index contributed by atoms with van der Waals surface area (Å²) >= 11 is 0. The van der Waals surface area contributed by atoms with Gasteiger partial charge in [-0.1, -0.05) is 147 Å². The summed E-state index contributed by atoms with van der Waals surface area (Å²) in [6.07, 6.45) is 4.50. The van der Waals surface area contributed by atoms with E-state index >= 15 is 0 Å². The second-order valence-corrected chi connectivity index (χ2v) is 23.1. The van der Waals surface area contributed by atoms with Crippen molar-refractivity contribution in [2.75, 3.05) is 9.80 Å². The van der Waals surface area contributed by atoms with Gasteiger partial charge >= 0.3 is 0 Å². The van der Waals surface area contributed by atoms with Crippen LogP contribution in [0.1, 0.15) is 110 Å². The minimum absolute atomic E-state index is 0.0209. The summed E-state index contributed by atoms with van der Waals surface area (Å²) in [7, 11) is 0. The van der Waals surface area contributed by atoms with Crippen molar-refractivity contribution in [3.63, 3.8) is 0 Å². The van der Waals surface area contributed by atoms with Crippen LogP contribution < -0.4 is 31.1 Å². The Hall–Kier alpha value is -6.92. The van der Waals surface area contributed by atoms with E-state index < -0.39 is 0 Å². The van der Waals surface area contributed by atoms with Crippen LogP contribution >= 0.6 is 0 Å². The fraction of sp³-hybridized carbons (Fsp3) is 0.281. The van der Waals surface area contributed by atoms with Crippen molar-refractivity contribution in [2.24, 2.45) is 0 Å². The molecule has 1 aliphatic carbocycles. The van der Waals surface area contributed by atoms with Crippen molar-refractivity contribution in [3.8, 4) is 22.6 Å². The molecule has 0 amide bonds. The van der Waals surface area contributed by atoms with Gasteiger partial charge in [0.1, 0.15) is 17.1 Å². The third-order valence-electron chi connectivity index (χ3n) is 15.5. The summed E-state index contributed by atoms with van der Waals surface area (Å²) in [5, 5.41) is 2.28. The maximum atomic E-state index is 7.49. The third kappa shape index (κ3) is 7.03. The predicted octanol–water partition coefficient (Wildman–Crippen LogP) is 15.7. The zero-order chi connectivity index (χ0) is 48.4. The molecule has 0 unspecified atom stereocenters. The molecule has 4 heterocycles. The highest BCUT2D eigenvalue weighted by Crippen LogP contribution is 2.51. The highest BCUT2D eigenvalue weighted by Gasteiger charge is 2.47. The zero-order valence-electron chi connectivity index (χ0n) is 42.6. The van der Waals surface area contributed by atoms with Gasteiger partial charge in [-0.05, 0) is 142 Å². The quantitative estimate of drug-likeness (QED) is 0.156. The van der Waals surface area contributed by atoms with Gasteiger partial charge in [0.15, 0.2) is 5.58 Å². The summed E-state index contributed by atoms with van der Waals surface area (Å²) in [5.74, 6) is 1.82. The second kappa shape index (κ2) is 16.1. The van der Waals surface area contributed by atoms with E-state index in [1.54, 1.807) is 0 Å². The first-order valence-electron chi connectivity index (χ1n) is 25.6. The molecule has 0 spiro atoms. The topological polar surface area (TPSA) is 33.8 Å². The fourth-order valence-electron chi connectivity index (χ4n) is 11.8. The number of anilines is 6. The fourth-order valence-corrected chi connectivity index (χ4v) is 11.8. The van der Waals surface area contributed by atoms with E-state index in [1.165, 1.54) is 79.8 Å². The van der Waals surface area contributed by atoms with Crippen LogP contribution in [0, 0.1) is 0 Å². The summed E-state index contributed by atoms with van der Waals surface area (Å²) in [6.45, 7) is 23.9. The summed E-state index contributed by atoms with van der Waals surface area (Å²) in [5.41, 5.74) is 21.5. The summed E-state index contributed by atoms with van der Waals surface area (Å²) < 4.78 is 17.1. The van der Waals surface area contributed by atoms with Crippen molar-refractivity contribution >= 4 is 79.3 Å². The van der Waals surface area contributed by atoms with E-state index in [4.69, 9.17) is 9.15 Å². The van der Waals surface area contributed by atoms with E-state index in [1.807, 2.05) is 0 Å². The van der Waals surface area contributed by atoms with Crippen LogP contribution in [-0.4, -0.2) is 11.3 Å². The van der Waals surface area contributed by atoms with E-state index in [-0.39, 0.29) is 23.0 Å². The van der Waals surface area contributed by atoms with Crippen molar-refractivity contribution in [1.29, 1.82) is 0 Å². The lowest BCUT2D eigenvalue weighted by Gasteiger charge is -2.41. The molecule has 0 atom stereocenters. The maximum absolute atomic E-state index is 7.49. The van der Waals surface area contributed by atoms with E-state index in [0.717, 1.165) is 75.6 Å². The average Bonchev–Trinajstić information content (AvgIpc) is 3.89. The van der Waals surface area contributed by atoms with Gasteiger partial charge in [-0.2, -0.15) is 0 Å². The number of nitrogens with zero attached hydrogens (tertiary/aromatic N) is 3. The molecule has 12 rings (SSSR count). The van der Waals surface area contributed by atoms with Crippen LogP contribution in [0.2, 0.25) is 0 Å². The van der Waals surface area contributed by atoms with Crippen LogP contribution in [0.15, 0.2) is 150 Å². The average molecular weight is 918 g/mol. The lowest BCUT2D eigenvalue weighted by molar-refractivity contribution is 0.483. The standard InChI is InChI=1S/C64H64BN3O2/c1-11-66-51-25-17-15-23-48(51)59-61(66)65-50-34-33-45(67(44-31-28-41(29-32-44)62(2,3)4)52-35-30-42(63(5,6)7)36-49(52)40-20-13-12-14-21-40)39-56(50)69-57-38-43(64(8,9)10)37-54(58(57)65)68(59)53-26-19-24-47-46-22-16-18-27-55(46)70-60(47)53/h12-14,16,18-22,24,26-39H,11,15,17,23,25H2,1-10H3. The molecular formula is C64H64BN3O2. The minimum Gasteiger partial charge on any atom is -0.458 e.